The number of aromatic nitrogens is 2. The Morgan fingerprint density at radius 2 is 2.50 bits per heavy atom. The minimum atomic E-state index is 0.382. The van der Waals surface area contributed by atoms with Gasteiger partial charge in [0.1, 0.15) is 0 Å². The summed E-state index contributed by atoms with van der Waals surface area (Å²) >= 11 is 0. The van der Waals surface area contributed by atoms with Crippen LogP contribution in [0, 0.1) is 0 Å². The molecule has 0 bridgehead atoms. The fourth-order valence-electron chi connectivity index (χ4n) is 0.857. The minimum absolute atomic E-state index is 0.382. The fraction of sp³-hybridized carbons (Fsp3) is 0.571. The summed E-state index contributed by atoms with van der Waals surface area (Å²) in [6, 6.07) is 0.382. The van der Waals surface area contributed by atoms with Crippen molar-refractivity contribution in [3.8, 4) is 0 Å². The monoisotopic (exact) mass is 140 g/mol. The Bertz CT molecular complexity index is 172. The van der Waals surface area contributed by atoms with Crippen LogP contribution in [0.5, 0.6) is 0 Å². The van der Waals surface area contributed by atoms with Gasteiger partial charge in [0, 0.05) is 19.5 Å². The topological polar surface area (TPSA) is 27.1 Å². The van der Waals surface area contributed by atoms with Crippen molar-refractivity contribution in [1.29, 1.82) is 0 Å². The number of ether oxygens (including phenoxy) is 1. The van der Waals surface area contributed by atoms with E-state index in [9.17, 15) is 0 Å². The van der Waals surface area contributed by atoms with Crippen molar-refractivity contribution in [3.05, 3.63) is 18.7 Å². The molecule has 3 nitrogen and oxygen atoms in total. The number of hydrogen-bond donors (Lipinski definition) is 0. The second-order valence-electron chi connectivity index (χ2n) is 2.31. The summed E-state index contributed by atoms with van der Waals surface area (Å²) in [7, 11) is 1.70. The molecule has 1 unspecified atom stereocenters. The quantitative estimate of drug-likeness (QED) is 0.628. The van der Waals surface area contributed by atoms with Crippen LogP contribution < -0.4 is 0 Å². The molecule has 1 atom stereocenters. The number of rotatable bonds is 3. The molecule has 56 valence electrons. The Balaban J connectivity index is 2.50. The SMILES string of the molecule is COCC(C)n1ccnc1. The van der Waals surface area contributed by atoms with E-state index in [1.165, 1.54) is 0 Å². The summed E-state index contributed by atoms with van der Waals surface area (Å²) < 4.78 is 7.00. The predicted octanol–water partition coefficient (Wildman–Crippen LogP) is 1.09. The highest BCUT2D eigenvalue weighted by Crippen LogP contribution is 2.02. The van der Waals surface area contributed by atoms with Crippen LogP contribution in [0.4, 0.5) is 0 Å². The molecule has 1 heterocycles. The van der Waals surface area contributed by atoms with E-state index in [4.69, 9.17) is 4.74 Å². The summed E-state index contributed by atoms with van der Waals surface area (Å²) in [5, 5.41) is 0. The van der Waals surface area contributed by atoms with Crippen LogP contribution in [0.15, 0.2) is 18.7 Å². The molecule has 1 aromatic rings. The van der Waals surface area contributed by atoms with E-state index < -0.39 is 0 Å². The van der Waals surface area contributed by atoms with Crippen LogP contribution >= 0.6 is 0 Å². The highest BCUT2D eigenvalue weighted by Gasteiger charge is 2.00. The lowest BCUT2D eigenvalue weighted by molar-refractivity contribution is 0.162. The molecule has 0 radical (unpaired) electrons. The molecule has 3 heteroatoms. The van der Waals surface area contributed by atoms with Crippen molar-refractivity contribution in [2.75, 3.05) is 13.7 Å². The first-order valence-corrected chi connectivity index (χ1v) is 3.31. The Morgan fingerprint density at radius 3 is 3.00 bits per heavy atom. The lowest BCUT2D eigenvalue weighted by Gasteiger charge is -2.10. The van der Waals surface area contributed by atoms with Crippen LogP contribution in [-0.2, 0) is 4.74 Å². The third-order valence-corrected chi connectivity index (χ3v) is 1.44. The van der Waals surface area contributed by atoms with E-state index in [1.54, 1.807) is 19.6 Å². The highest BCUT2D eigenvalue weighted by atomic mass is 16.5. The average molecular weight is 140 g/mol. The van der Waals surface area contributed by atoms with E-state index in [1.807, 2.05) is 10.8 Å². The van der Waals surface area contributed by atoms with E-state index in [-0.39, 0.29) is 0 Å². The zero-order valence-corrected chi connectivity index (χ0v) is 6.32. The second kappa shape index (κ2) is 3.37. The maximum Gasteiger partial charge on any atom is 0.0949 e. The zero-order valence-electron chi connectivity index (χ0n) is 6.32. The van der Waals surface area contributed by atoms with Gasteiger partial charge in [0.2, 0.25) is 0 Å². The molecule has 0 fully saturated rings. The first-order valence-electron chi connectivity index (χ1n) is 3.31. The smallest absolute Gasteiger partial charge is 0.0949 e. The first kappa shape index (κ1) is 7.28. The van der Waals surface area contributed by atoms with Gasteiger partial charge in [-0.25, -0.2) is 4.98 Å². The number of imidazole rings is 1. The zero-order chi connectivity index (χ0) is 7.40. The molecule has 1 rings (SSSR count). The number of hydrogen-bond acceptors (Lipinski definition) is 2. The van der Waals surface area contributed by atoms with Crippen molar-refractivity contribution in [3.63, 3.8) is 0 Å². The van der Waals surface area contributed by atoms with Crippen molar-refractivity contribution in [1.82, 2.24) is 9.55 Å². The van der Waals surface area contributed by atoms with Crippen LogP contribution in [0.3, 0.4) is 0 Å². The fourth-order valence-corrected chi connectivity index (χ4v) is 0.857. The van der Waals surface area contributed by atoms with Crippen LogP contribution in [0.2, 0.25) is 0 Å². The molecule has 10 heavy (non-hydrogen) atoms. The molecule has 1 aromatic heterocycles. The Labute approximate surface area is 60.6 Å². The van der Waals surface area contributed by atoms with Crippen LogP contribution in [0.25, 0.3) is 0 Å². The Hall–Kier alpha value is -0.830. The lowest BCUT2D eigenvalue weighted by atomic mass is 10.4. The van der Waals surface area contributed by atoms with Crippen molar-refractivity contribution < 1.29 is 4.74 Å². The van der Waals surface area contributed by atoms with Gasteiger partial charge < -0.3 is 9.30 Å². The third-order valence-electron chi connectivity index (χ3n) is 1.44. The maximum atomic E-state index is 4.98. The molecule has 0 aromatic carbocycles. The number of methoxy groups -OCH3 is 1. The first-order chi connectivity index (χ1) is 4.84. The second-order valence-corrected chi connectivity index (χ2v) is 2.31. The van der Waals surface area contributed by atoms with E-state index in [0.717, 1.165) is 6.61 Å². The van der Waals surface area contributed by atoms with Gasteiger partial charge in [-0.3, -0.25) is 0 Å². The molecule has 0 amide bonds. The Kier molecular flexibility index (Phi) is 2.45. The molecule has 0 aliphatic carbocycles. The Morgan fingerprint density at radius 1 is 1.70 bits per heavy atom. The van der Waals surface area contributed by atoms with Crippen molar-refractivity contribution in [2.45, 2.75) is 13.0 Å². The van der Waals surface area contributed by atoms with E-state index in [0.29, 0.717) is 6.04 Å². The summed E-state index contributed by atoms with van der Waals surface area (Å²) in [6.45, 7) is 2.82. The summed E-state index contributed by atoms with van der Waals surface area (Å²) in [6.07, 6.45) is 5.50. The molecule has 0 saturated carbocycles. The summed E-state index contributed by atoms with van der Waals surface area (Å²) in [4.78, 5) is 3.93. The molecule has 0 N–H and O–H groups in total. The van der Waals surface area contributed by atoms with E-state index in [2.05, 4.69) is 11.9 Å². The normalized spacial score (nSPS) is 13.4. The maximum absolute atomic E-state index is 4.98. The van der Waals surface area contributed by atoms with Gasteiger partial charge in [0.25, 0.3) is 0 Å². The van der Waals surface area contributed by atoms with Gasteiger partial charge in [0.15, 0.2) is 0 Å². The highest BCUT2D eigenvalue weighted by molar-refractivity contribution is 4.78. The van der Waals surface area contributed by atoms with Crippen molar-refractivity contribution >= 4 is 0 Å². The standard InChI is InChI=1S/C7H12N2O/c1-7(5-10-2)9-4-3-8-6-9/h3-4,6-7H,5H2,1-2H3. The molecule has 0 aliphatic heterocycles. The average Bonchev–Trinajstić information content (AvgIpc) is 2.38. The molecule has 0 spiro atoms. The lowest BCUT2D eigenvalue weighted by Crippen LogP contribution is -2.08. The van der Waals surface area contributed by atoms with Gasteiger partial charge in [0.05, 0.1) is 19.0 Å². The van der Waals surface area contributed by atoms with Gasteiger partial charge in [-0.15, -0.1) is 0 Å². The van der Waals surface area contributed by atoms with Gasteiger partial charge in [-0.2, -0.15) is 0 Å². The number of nitrogens with zero attached hydrogens (tertiary/aromatic N) is 2. The minimum Gasteiger partial charge on any atom is -0.383 e. The molecular formula is C7H12N2O. The van der Waals surface area contributed by atoms with E-state index >= 15 is 0 Å². The predicted molar refractivity (Wildman–Crippen MR) is 38.8 cm³/mol. The third kappa shape index (κ3) is 1.57. The van der Waals surface area contributed by atoms with Gasteiger partial charge in [-0.05, 0) is 6.92 Å². The van der Waals surface area contributed by atoms with Crippen LogP contribution in [-0.4, -0.2) is 23.3 Å². The summed E-state index contributed by atoms with van der Waals surface area (Å²) in [5.41, 5.74) is 0. The molecule has 0 aliphatic rings. The van der Waals surface area contributed by atoms with Gasteiger partial charge in [-0.1, -0.05) is 0 Å². The largest absolute Gasteiger partial charge is 0.383 e. The van der Waals surface area contributed by atoms with Crippen LogP contribution in [0.1, 0.15) is 13.0 Å². The van der Waals surface area contributed by atoms with Gasteiger partial charge >= 0.3 is 0 Å². The molecular weight excluding hydrogens is 128 g/mol. The van der Waals surface area contributed by atoms with Crippen molar-refractivity contribution in [2.24, 2.45) is 0 Å². The summed E-state index contributed by atoms with van der Waals surface area (Å²) in [5.74, 6) is 0. The molecule has 0 saturated heterocycles.